The molecule has 0 saturated carbocycles. The van der Waals surface area contributed by atoms with Gasteiger partial charge < -0.3 is 9.47 Å². The Labute approximate surface area is 161 Å². The van der Waals surface area contributed by atoms with Crippen LogP contribution in [0.5, 0.6) is 11.5 Å². The van der Waals surface area contributed by atoms with E-state index < -0.39 is 0 Å². The van der Waals surface area contributed by atoms with Gasteiger partial charge in [-0.05, 0) is 53.4 Å². The number of hydrogen-bond acceptors (Lipinski definition) is 6. The maximum Gasteiger partial charge on any atom is 0.252 e. The summed E-state index contributed by atoms with van der Waals surface area (Å²) < 4.78 is 11.9. The number of hydrogen-bond donors (Lipinski definition) is 2. The van der Waals surface area contributed by atoms with Crippen molar-refractivity contribution in [1.82, 2.24) is 9.97 Å². The molecule has 0 fully saturated rings. The summed E-state index contributed by atoms with van der Waals surface area (Å²) in [5, 5.41) is 4.14. The van der Waals surface area contributed by atoms with Crippen molar-refractivity contribution in [2.45, 2.75) is 39.7 Å². The maximum absolute atomic E-state index is 11.7. The standard InChI is InChI=1S/C18H23BrN4O3/c1-10(2)14-8-16(24)22-18(21-14)23-20-9-12-6-13(19)17(26-11(3)4)15(7-12)25-5/h6-11H,1-5H3,(H2,21,22,23,24)/b20-9-. The number of rotatable bonds is 7. The van der Waals surface area contributed by atoms with Gasteiger partial charge in [-0.15, -0.1) is 0 Å². The minimum atomic E-state index is -0.221. The minimum Gasteiger partial charge on any atom is -0.493 e. The molecule has 0 aliphatic heterocycles. The Hall–Kier alpha value is -2.35. The minimum absolute atomic E-state index is 0.0255. The van der Waals surface area contributed by atoms with Gasteiger partial charge in [-0.3, -0.25) is 9.78 Å². The van der Waals surface area contributed by atoms with Gasteiger partial charge in [0.2, 0.25) is 5.95 Å². The van der Waals surface area contributed by atoms with Crippen molar-refractivity contribution in [1.29, 1.82) is 0 Å². The first-order valence-electron chi connectivity index (χ1n) is 8.24. The highest BCUT2D eigenvalue weighted by molar-refractivity contribution is 9.10. The Kier molecular flexibility index (Phi) is 6.79. The van der Waals surface area contributed by atoms with Crippen LogP contribution in [0.25, 0.3) is 0 Å². The number of anilines is 1. The smallest absolute Gasteiger partial charge is 0.252 e. The van der Waals surface area contributed by atoms with Crippen molar-refractivity contribution in [2.75, 3.05) is 12.5 Å². The lowest BCUT2D eigenvalue weighted by molar-refractivity contribution is 0.228. The number of methoxy groups -OCH3 is 1. The van der Waals surface area contributed by atoms with Crippen LogP contribution in [0.4, 0.5) is 5.95 Å². The summed E-state index contributed by atoms with van der Waals surface area (Å²) in [7, 11) is 1.58. The molecule has 0 aliphatic carbocycles. The number of hydrazone groups is 1. The molecule has 7 nitrogen and oxygen atoms in total. The van der Waals surface area contributed by atoms with Gasteiger partial charge in [0.25, 0.3) is 5.56 Å². The quantitative estimate of drug-likeness (QED) is 0.521. The second-order valence-electron chi connectivity index (χ2n) is 6.24. The number of aromatic amines is 1. The van der Waals surface area contributed by atoms with Crippen LogP contribution < -0.4 is 20.5 Å². The molecule has 2 rings (SSSR count). The van der Waals surface area contributed by atoms with Crippen molar-refractivity contribution < 1.29 is 9.47 Å². The predicted molar refractivity (Wildman–Crippen MR) is 107 cm³/mol. The van der Waals surface area contributed by atoms with Crippen LogP contribution in [-0.4, -0.2) is 29.4 Å². The average molecular weight is 423 g/mol. The fourth-order valence-corrected chi connectivity index (χ4v) is 2.71. The number of aromatic nitrogens is 2. The summed E-state index contributed by atoms with van der Waals surface area (Å²) in [5.41, 5.74) is 4.02. The van der Waals surface area contributed by atoms with E-state index in [4.69, 9.17) is 9.47 Å². The zero-order valence-corrected chi connectivity index (χ0v) is 17.0. The monoisotopic (exact) mass is 422 g/mol. The number of H-pyrrole nitrogens is 1. The zero-order chi connectivity index (χ0) is 19.3. The summed E-state index contributed by atoms with van der Waals surface area (Å²) in [6.45, 7) is 7.84. The van der Waals surface area contributed by atoms with E-state index in [1.807, 2.05) is 39.8 Å². The van der Waals surface area contributed by atoms with Gasteiger partial charge in [0.05, 0.1) is 29.6 Å². The second-order valence-corrected chi connectivity index (χ2v) is 7.10. The Morgan fingerprint density at radius 3 is 2.62 bits per heavy atom. The molecule has 26 heavy (non-hydrogen) atoms. The van der Waals surface area contributed by atoms with Gasteiger partial charge >= 0.3 is 0 Å². The first kappa shape index (κ1) is 20.0. The number of nitrogens with zero attached hydrogens (tertiary/aromatic N) is 2. The largest absolute Gasteiger partial charge is 0.493 e. The van der Waals surface area contributed by atoms with Gasteiger partial charge in [-0.2, -0.15) is 5.10 Å². The molecule has 0 bridgehead atoms. The van der Waals surface area contributed by atoms with Crippen molar-refractivity contribution in [2.24, 2.45) is 5.10 Å². The van der Waals surface area contributed by atoms with Gasteiger partial charge in [-0.1, -0.05) is 13.8 Å². The lowest BCUT2D eigenvalue weighted by atomic mass is 10.1. The molecule has 0 atom stereocenters. The summed E-state index contributed by atoms with van der Waals surface area (Å²) in [6.07, 6.45) is 1.63. The molecule has 0 radical (unpaired) electrons. The van der Waals surface area contributed by atoms with Crippen LogP contribution in [0.3, 0.4) is 0 Å². The Balaban J connectivity index is 2.21. The number of halogens is 1. The number of nitrogens with one attached hydrogen (secondary N) is 2. The van der Waals surface area contributed by atoms with Crippen LogP contribution in [0.2, 0.25) is 0 Å². The molecule has 140 valence electrons. The summed E-state index contributed by atoms with van der Waals surface area (Å²) >= 11 is 3.49. The van der Waals surface area contributed by atoms with E-state index in [-0.39, 0.29) is 17.6 Å². The number of ether oxygens (including phenoxy) is 2. The molecule has 0 aliphatic rings. The van der Waals surface area contributed by atoms with Gasteiger partial charge in [0, 0.05) is 6.07 Å². The van der Waals surface area contributed by atoms with Crippen LogP contribution in [0.1, 0.15) is 44.9 Å². The first-order chi connectivity index (χ1) is 12.3. The van der Waals surface area contributed by atoms with Crippen LogP contribution >= 0.6 is 15.9 Å². The van der Waals surface area contributed by atoms with Crippen molar-refractivity contribution >= 4 is 28.1 Å². The normalized spacial score (nSPS) is 11.4. The molecule has 0 spiro atoms. The van der Waals surface area contributed by atoms with Crippen molar-refractivity contribution in [3.05, 3.63) is 44.3 Å². The molecule has 0 unspecified atom stereocenters. The van der Waals surface area contributed by atoms with E-state index in [1.165, 1.54) is 6.07 Å². The average Bonchev–Trinajstić information content (AvgIpc) is 2.56. The van der Waals surface area contributed by atoms with E-state index in [9.17, 15) is 4.79 Å². The fourth-order valence-electron chi connectivity index (χ4n) is 2.16. The van der Waals surface area contributed by atoms with Crippen LogP contribution in [0, 0.1) is 0 Å². The Morgan fingerprint density at radius 2 is 2.00 bits per heavy atom. The van der Waals surface area contributed by atoms with Gasteiger partial charge in [0.15, 0.2) is 11.5 Å². The number of benzene rings is 1. The molecule has 8 heteroatoms. The highest BCUT2D eigenvalue weighted by Crippen LogP contribution is 2.36. The summed E-state index contributed by atoms with van der Waals surface area (Å²) in [6, 6.07) is 5.16. The third-order valence-electron chi connectivity index (χ3n) is 3.34. The predicted octanol–water partition coefficient (Wildman–Crippen LogP) is 3.90. The Morgan fingerprint density at radius 1 is 1.27 bits per heavy atom. The van der Waals surface area contributed by atoms with E-state index in [2.05, 4.69) is 36.4 Å². The molecule has 2 aromatic rings. The third-order valence-corrected chi connectivity index (χ3v) is 3.93. The molecule has 1 aromatic carbocycles. The van der Waals surface area contributed by atoms with Gasteiger partial charge in [0.1, 0.15) is 0 Å². The molecular formula is C18H23BrN4O3. The highest BCUT2D eigenvalue weighted by atomic mass is 79.9. The maximum atomic E-state index is 11.7. The zero-order valence-electron chi connectivity index (χ0n) is 15.5. The molecule has 0 saturated heterocycles. The van der Waals surface area contributed by atoms with Crippen LogP contribution in [-0.2, 0) is 0 Å². The summed E-state index contributed by atoms with van der Waals surface area (Å²) in [4.78, 5) is 18.6. The highest BCUT2D eigenvalue weighted by Gasteiger charge is 2.12. The molecule has 2 N–H and O–H groups in total. The van der Waals surface area contributed by atoms with E-state index in [1.54, 1.807) is 13.3 Å². The SMILES string of the molecule is COc1cc(/C=N\Nc2nc(C(C)C)cc(=O)[nH]2)cc(Br)c1OC(C)C. The Bertz CT molecular complexity index is 847. The first-order valence-corrected chi connectivity index (χ1v) is 9.04. The van der Waals surface area contributed by atoms with Crippen molar-refractivity contribution in [3.63, 3.8) is 0 Å². The third kappa shape index (κ3) is 5.32. The van der Waals surface area contributed by atoms with E-state index in [0.717, 1.165) is 10.0 Å². The van der Waals surface area contributed by atoms with E-state index >= 15 is 0 Å². The second kappa shape index (κ2) is 8.84. The van der Waals surface area contributed by atoms with Crippen LogP contribution in [0.15, 0.2) is 32.6 Å². The van der Waals surface area contributed by atoms with E-state index in [0.29, 0.717) is 23.1 Å². The molecular weight excluding hydrogens is 400 g/mol. The topological polar surface area (TPSA) is 88.6 Å². The molecule has 1 heterocycles. The summed E-state index contributed by atoms with van der Waals surface area (Å²) in [5.74, 6) is 1.69. The molecule has 1 aromatic heterocycles. The lowest BCUT2D eigenvalue weighted by Crippen LogP contribution is -2.12. The van der Waals surface area contributed by atoms with Gasteiger partial charge in [-0.25, -0.2) is 10.4 Å². The lowest BCUT2D eigenvalue weighted by Gasteiger charge is -2.15. The molecule has 0 amide bonds. The fraction of sp³-hybridized carbons (Fsp3) is 0.389. The van der Waals surface area contributed by atoms with Crippen molar-refractivity contribution in [3.8, 4) is 11.5 Å².